The molecule has 2 N–H and O–H groups in total. The van der Waals surface area contributed by atoms with Crippen LogP contribution in [0.4, 0.5) is 10.5 Å². The average molecular weight is 412 g/mol. The summed E-state index contributed by atoms with van der Waals surface area (Å²) in [4.78, 5) is 26.3. The van der Waals surface area contributed by atoms with Gasteiger partial charge in [-0.3, -0.25) is 4.79 Å². The molecule has 0 fully saturated rings. The molecule has 1 unspecified atom stereocenters. The summed E-state index contributed by atoms with van der Waals surface area (Å²) in [6.45, 7) is 4.45. The first-order chi connectivity index (χ1) is 14.3. The van der Waals surface area contributed by atoms with Gasteiger partial charge < -0.3 is 24.8 Å². The molecule has 0 saturated carbocycles. The Morgan fingerprint density at radius 3 is 2.43 bits per heavy atom. The highest BCUT2D eigenvalue weighted by Gasteiger charge is 2.26. The molecule has 1 amide bonds. The van der Waals surface area contributed by atoms with Crippen molar-refractivity contribution in [2.45, 2.75) is 39.2 Å². The largest absolute Gasteiger partial charge is 0.513 e. The van der Waals surface area contributed by atoms with Crippen LogP contribution < -0.4 is 20.1 Å². The highest BCUT2D eigenvalue weighted by molar-refractivity contribution is 5.95. The second-order valence-corrected chi connectivity index (χ2v) is 7.48. The maximum atomic E-state index is 13.1. The Morgan fingerprint density at radius 1 is 1.10 bits per heavy atom. The zero-order chi connectivity index (χ0) is 21.8. The van der Waals surface area contributed by atoms with Gasteiger partial charge in [-0.2, -0.15) is 0 Å². The Balaban J connectivity index is 1.78. The number of hydrogen-bond donors (Lipinski definition) is 1. The van der Waals surface area contributed by atoms with Crippen molar-refractivity contribution in [3.05, 3.63) is 52.6 Å². The molecule has 0 saturated heterocycles. The fourth-order valence-corrected chi connectivity index (χ4v) is 4.08. The van der Waals surface area contributed by atoms with Crippen molar-refractivity contribution in [1.29, 1.82) is 0 Å². The minimum Gasteiger partial charge on any atom is -0.497 e. The molecule has 3 rings (SSSR count). The van der Waals surface area contributed by atoms with Gasteiger partial charge in [0.05, 0.1) is 14.2 Å². The quantitative estimate of drug-likeness (QED) is 0.593. The van der Waals surface area contributed by atoms with Crippen LogP contribution in [-0.2, 0) is 16.0 Å². The van der Waals surface area contributed by atoms with E-state index in [1.165, 1.54) is 7.11 Å². The van der Waals surface area contributed by atoms with Crippen molar-refractivity contribution in [2.24, 2.45) is 5.73 Å². The van der Waals surface area contributed by atoms with E-state index in [2.05, 4.69) is 4.74 Å². The highest BCUT2D eigenvalue weighted by atomic mass is 16.7. The maximum absolute atomic E-state index is 13.1. The molecular weight excluding hydrogens is 384 g/mol. The predicted molar refractivity (Wildman–Crippen MR) is 114 cm³/mol. The summed E-state index contributed by atoms with van der Waals surface area (Å²) < 4.78 is 14.9. The maximum Gasteiger partial charge on any atom is 0.513 e. The summed E-state index contributed by atoms with van der Waals surface area (Å²) in [5.41, 5.74) is 11.1. The van der Waals surface area contributed by atoms with Gasteiger partial charge in [0, 0.05) is 24.7 Å². The lowest BCUT2D eigenvalue weighted by Crippen LogP contribution is -2.37. The summed E-state index contributed by atoms with van der Waals surface area (Å²) in [6, 6.07) is 8.79. The number of nitrogens with zero attached hydrogens (tertiary/aromatic N) is 1. The highest BCUT2D eigenvalue weighted by Crippen LogP contribution is 2.33. The number of ether oxygens (including phenoxy) is 3. The number of methoxy groups -OCH3 is 2. The number of nitrogens with two attached hydrogens (primary N) is 1. The van der Waals surface area contributed by atoms with E-state index in [4.69, 9.17) is 15.2 Å². The average Bonchev–Trinajstić information content (AvgIpc) is 2.72. The molecule has 0 radical (unpaired) electrons. The number of fused-ring (bicyclic) bond motifs is 1. The number of carbonyl (C=O) groups excluding carboxylic acids is 2. The Hall–Kier alpha value is -3.06. The van der Waals surface area contributed by atoms with Crippen LogP contribution in [0, 0.1) is 13.8 Å². The second-order valence-electron chi connectivity index (χ2n) is 7.48. The van der Waals surface area contributed by atoms with Crippen molar-refractivity contribution in [1.82, 2.24) is 0 Å². The monoisotopic (exact) mass is 412 g/mol. The van der Waals surface area contributed by atoms with E-state index >= 15 is 0 Å². The number of anilines is 1. The first kappa shape index (κ1) is 21.6. The van der Waals surface area contributed by atoms with E-state index in [9.17, 15) is 9.59 Å². The lowest BCUT2D eigenvalue weighted by Gasteiger charge is -2.31. The van der Waals surface area contributed by atoms with E-state index in [0.29, 0.717) is 12.3 Å². The molecular formula is C23H28N2O5. The molecule has 0 spiro atoms. The Bertz CT molecular complexity index is 934. The summed E-state index contributed by atoms with van der Waals surface area (Å²) in [5.74, 6) is 1.17. The third-order valence-electron chi connectivity index (χ3n) is 5.41. The van der Waals surface area contributed by atoms with Crippen LogP contribution in [-0.4, -0.2) is 32.8 Å². The fourth-order valence-electron chi connectivity index (χ4n) is 4.08. The molecule has 7 nitrogen and oxygen atoms in total. The molecule has 1 aliphatic heterocycles. The fraction of sp³-hybridized carbons (Fsp3) is 0.391. The van der Waals surface area contributed by atoms with Crippen molar-refractivity contribution < 1.29 is 23.8 Å². The first-order valence-corrected chi connectivity index (χ1v) is 9.93. The Labute approximate surface area is 176 Å². The third-order valence-corrected chi connectivity index (χ3v) is 5.41. The molecule has 1 heterocycles. The van der Waals surface area contributed by atoms with Crippen molar-refractivity contribution in [2.75, 3.05) is 25.7 Å². The third kappa shape index (κ3) is 4.57. The van der Waals surface area contributed by atoms with Crippen LogP contribution >= 0.6 is 0 Å². The van der Waals surface area contributed by atoms with Crippen LogP contribution in [0.15, 0.2) is 30.3 Å². The summed E-state index contributed by atoms with van der Waals surface area (Å²) in [6.07, 6.45) is 1.23. The van der Waals surface area contributed by atoms with Crippen LogP contribution in [0.2, 0.25) is 0 Å². The van der Waals surface area contributed by atoms with E-state index in [0.717, 1.165) is 46.5 Å². The molecule has 2 aromatic carbocycles. The van der Waals surface area contributed by atoms with Gasteiger partial charge in [-0.15, -0.1) is 0 Å². The van der Waals surface area contributed by atoms with E-state index in [-0.39, 0.29) is 12.3 Å². The zero-order valence-corrected chi connectivity index (χ0v) is 17.9. The normalized spacial score (nSPS) is 14.0. The molecule has 0 aromatic heterocycles. The van der Waals surface area contributed by atoms with Gasteiger partial charge in [-0.25, -0.2) is 4.79 Å². The lowest BCUT2D eigenvalue weighted by atomic mass is 9.93. The topological polar surface area (TPSA) is 91.1 Å². The molecule has 0 bridgehead atoms. The number of amides is 1. The molecule has 0 aliphatic carbocycles. The number of hydrogen-bond acceptors (Lipinski definition) is 6. The SMILES string of the molecule is COC(=O)Oc1cc(C)c(C(N)CC(=O)N2CCCc3cc(OC)ccc32)c(C)c1. The van der Waals surface area contributed by atoms with Gasteiger partial charge in [-0.1, -0.05) is 0 Å². The van der Waals surface area contributed by atoms with Crippen LogP contribution in [0.5, 0.6) is 11.5 Å². The molecule has 1 atom stereocenters. The molecule has 2 aromatic rings. The van der Waals surface area contributed by atoms with Gasteiger partial charge in [0.2, 0.25) is 5.91 Å². The number of carbonyl (C=O) groups is 2. The van der Waals surface area contributed by atoms with Crippen LogP contribution in [0.1, 0.15) is 41.1 Å². The predicted octanol–water partition coefficient (Wildman–Crippen LogP) is 3.83. The molecule has 1 aliphatic rings. The minimum atomic E-state index is -0.776. The number of rotatable bonds is 5. The number of aryl methyl sites for hydroxylation is 3. The Morgan fingerprint density at radius 2 is 1.80 bits per heavy atom. The molecule has 7 heteroatoms. The smallest absolute Gasteiger partial charge is 0.497 e. The van der Waals surface area contributed by atoms with Crippen molar-refractivity contribution in [3.8, 4) is 11.5 Å². The summed E-state index contributed by atoms with van der Waals surface area (Å²) in [7, 11) is 2.89. The van der Waals surface area contributed by atoms with Crippen LogP contribution in [0.3, 0.4) is 0 Å². The summed E-state index contributed by atoms with van der Waals surface area (Å²) in [5, 5.41) is 0. The lowest BCUT2D eigenvalue weighted by molar-refractivity contribution is -0.119. The minimum absolute atomic E-state index is 0.0118. The van der Waals surface area contributed by atoms with Gasteiger partial charge >= 0.3 is 6.16 Å². The zero-order valence-electron chi connectivity index (χ0n) is 17.9. The molecule has 160 valence electrons. The number of benzene rings is 2. The Kier molecular flexibility index (Phi) is 6.62. The first-order valence-electron chi connectivity index (χ1n) is 9.93. The van der Waals surface area contributed by atoms with Crippen molar-refractivity contribution >= 4 is 17.7 Å². The molecule has 30 heavy (non-hydrogen) atoms. The van der Waals surface area contributed by atoms with Gasteiger partial charge in [0.25, 0.3) is 0 Å². The van der Waals surface area contributed by atoms with Gasteiger partial charge in [0.1, 0.15) is 11.5 Å². The van der Waals surface area contributed by atoms with E-state index < -0.39 is 12.2 Å². The second kappa shape index (κ2) is 9.17. The standard InChI is InChI=1S/C23H28N2O5/c1-14-10-18(30-23(27)29-4)11-15(2)22(14)19(24)13-21(26)25-9-5-6-16-12-17(28-3)7-8-20(16)25/h7-8,10-12,19H,5-6,9,13,24H2,1-4H3. The summed E-state index contributed by atoms with van der Waals surface area (Å²) >= 11 is 0. The van der Waals surface area contributed by atoms with Gasteiger partial charge in [-0.05, 0) is 79.3 Å². The van der Waals surface area contributed by atoms with Crippen molar-refractivity contribution in [3.63, 3.8) is 0 Å². The van der Waals surface area contributed by atoms with Gasteiger partial charge in [0.15, 0.2) is 0 Å². The van der Waals surface area contributed by atoms with Crippen LogP contribution in [0.25, 0.3) is 0 Å². The van der Waals surface area contributed by atoms with E-state index in [1.807, 2.05) is 36.9 Å². The van der Waals surface area contributed by atoms with E-state index in [1.54, 1.807) is 19.2 Å².